The number of amides is 1. The van der Waals surface area contributed by atoms with E-state index in [4.69, 9.17) is 5.73 Å². The van der Waals surface area contributed by atoms with Gasteiger partial charge in [-0.25, -0.2) is 8.42 Å². The molecule has 7 nitrogen and oxygen atoms in total. The van der Waals surface area contributed by atoms with Gasteiger partial charge in [0.15, 0.2) is 0 Å². The van der Waals surface area contributed by atoms with Crippen LogP contribution in [0.1, 0.15) is 37.7 Å². The van der Waals surface area contributed by atoms with Gasteiger partial charge in [0.2, 0.25) is 5.91 Å². The average Bonchev–Trinajstić information content (AvgIpc) is 2.63. The molecule has 1 aromatic heterocycles. The molecule has 1 amide bonds. The topological polar surface area (TPSA) is 107 Å². The average molecular weight is 316 g/mol. The van der Waals surface area contributed by atoms with Crippen LogP contribution in [0.5, 0.6) is 0 Å². The lowest BCUT2D eigenvalue weighted by Crippen LogP contribution is -2.37. The van der Waals surface area contributed by atoms with Crippen molar-refractivity contribution in [2.75, 3.05) is 17.3 Å². The molecule has 8 heteroatoms. The second-order valence-corrected chi connectivity index (χ2v) is 7.86. The number of carbonyl (C=O) groups excluding carboxylic acids is 1. The van der Waals surface area contributed by atoms with Gasteiger partial charge in [-0.15, -0.1) is 0 Å². The van der Waals surface area contributed by atoms with E-state index in [1.807, 2.05) is 32.4 Å². The molecule has 120 valence electrons. The summed E-state index contributed by atoms with van der Waals surface area (Å²) in [5.74, 6) is -0.502. The molecular formula is C13H24N4O3S. The number of hydrogen-bond donors (Lipinski definition) is 2. The standard InChI is InChI=1S/C13H24N4O3S/c1-8(2)17-10(4)12(9(3)16-17)15-13(18)11(14)6-7-21(5,19)20/h8,11H,6-7,14H2,1-5H3,(H,15,18). The smallest absolute Gasteiger partial charge is 0.241 e. The maximum absolute atomic E-state index is 12.0. The van der Waals surface area contributed by atoms with Crippen molar-refractivity contribution in [2.24, 2.45) is 5.73 Å². The monoisotopic (exact) mass is 316 g/mol. The predicted octanol–water partition coefficient (Wildman–Crippen LogP) is 0.781. The number of hydrogen-bond acceptors (Lipinski definition) is 5. The van der Waals surface area contributed by atoms with Crippen LogP contribution in [-0.4, -0.2) is 42.2 Å². The second kappa shape index (κ2) is 6.57. The Morgan fingerprint density at radius 1 is 1.38 bits per heavy atom. The summed E-state index contributed by atoms with van der Waals surface area (Å²) in [4.78, 5) is 12.0. The minimum atomic E-state index is -3.13. The number of anilines is 1. The van der Waals surface area contributed by atoms with Crippen molar-refractivity contribution < 1.29 is 13.2 Å². The molecule has 0 radical (unpaired) electrons. The number of aryl methyl sites for hydroxylation is 1. The van der Waals surface area contributed by atoms with E-state index in [9.17, 15) is 13.2 Å². The van der Waals surface area contributed by atoms with Gasteiger partial charge >= 0.3 is 0 Å². The summed E-state index contributed by atoms with van der Waals surface area (Å²) in [6.07, 6.45) is 1.22. The normalized spacial score (nSPS) is 13.5. The summed E-state index contributed by atoms with van der Waals surface area (Å²) >= 11 is 0. The lowest BCUT2D eigenvalue weighted by Gasteiger charge is -2.13. The zero-order valence-electron chi connectivity index (χ0n) is 13.2. The van der Waals surface area contributed by atoms with Gasteiger partial charge in [-0.2, -0.15) is 5.10 Å². The Balaban J connectivity index is 2.79. The van der Waals surface area contributed by atoms with Crippen LogP contribution in [0.25, 0.3) is 0 Å². The van der Waals surface area contributed by atoms with E-state index >= 15 is 0 Å². The van der Waals surface area contributed by atoms with Crippen LogP contribution in [0.4, 0.5) is 5.69 Å². The number of rotatable bonds is 6. The zero-order chi connectivity index (χ0) is 16.4. The van der Waals surface area contributed by atoms with Crippen LogP contribution in [0.3, 0.4) is 0 Å². The van der Waals surface area contributed by atoms with Crippen LogP contribution in [0, 0.1) is 13.8 Å². The lowest BCUT2D eigenvalue weighted by atomic mass is 10.2. The molecule has 0 aliphatic rings. The van der Waals surface area contributed by atoms with Gasteiger partial charge in [0.25, 0.3) is 0 Å². The fourth-order valence-corrected chi connectivity index (χ4v) is 2.72. The van der Waals surface area contributed by atoms with E-state index in [-0.39, 0.29) is 18.2 Å². The first-order valence-electron chi connectivity index (χ1n) is 6.82. The summed E-state index contributed by atoms with van der Waals surface area (Å²) in [6.45, 7) is 7.69. The van der Waals surface area contributed by atoms with E-state index in [1.54, 1.807) is 0 Å². The largest absolute Gasteiger partial charge is 0.322 e. The first-order chi connectivity index (χ1) is 9.53. The summed E-state index contributed by atoms with van der Waals surface area (Å²) in [6, 6.07) is -0.672. The van der Waals surface area contributed by atoms with Gasteiger partial charge in [0.05, 0.1) is 28.9 Å². The fraction of sp³-hybridized carbons (Fsp3) is 0.692. The van der Waals surface area contributed by atoms with Crippen molar-refractivity contribution in [3.05, 3.63) is 11.4 Å². The molecule has 1 atom stereocenters. The molecular weight excluding hydrogens is 292 g/mol. The van der Waals surface area contributed by atoms with E-state index in [1.165, 1.54) is 0 Å². The van der Waals surface area contributed by atoms with Gasteiger partial charge < -0.3 is 11.1 Å². The highest BCUT2D eigenvalue weighted by Gasteiger charge is 2.20. The number of sulfone groups is 1. The lowest BCUT2D eigenvalue weighted by molar-refractivity contribution is -0.117. The molecule has 0 aliphatic carbocycles. The van der Waals surface area contributed by atoms with E-state index in [2.05, 4.69) is 10.4 Å². The van der Waals surface area contributed by atoms with Crippen molar-refractivity contribution >= 4 is 21.4 Å². The molecule has 0 saturated carbocycles. The molecule has 1 unspecified atom stereocenters. The van der Waals surface area contributed by atoms with Crippen molar-refractivity contribution in [3.63, 3.8) is 0 Å². The first kappa shape index (κ1) is 17.6. The number of nitrogens with two attached hydrogens (primary N) is 1. The maximum atomic E-state index is 12.0. The molecule has 3 N–H and O–H groups in total. The van der Waals surface area contributed by atoms with Gasteiger partial charge in [0.1, 0.15) is 9.84 Å². The third-order valence-corrected chi connectivity index (χ3v) is 4.18. The van der Waals surface area contributed by atoms with E-state index in [0.717, 1.165) is 11.9 Å². The molecule has 0 spiro atoms. The number of carbonyl (C=O) groups is 1. The Hall–Kier alpha value is -1.41. The highest BCUT2D eigenvalue weighted by atomic mass is 32.2. The zero-order valence-corrected chi connectivity index (χ0v) is 14.0. The van der Waals surface area contributed by atoms with Crippen LogP contribution in [-0.2, 0) is 14.6 Å². The molecule has 0 bridgehead atoms. The Labute approximate surface area is 125 Å². The third kappa shape index (κ3) is 4.82. The van der Waals surface area contributed by atoms with Crippen LogP contribution < -0.4 is 11.1 Å². The molecule has 1 aromatic rings. The number of aromatic nitrogens is 2. The van der Waals surface area contributed by atoms with Crippen molar-refractivity contribution in [1.29, 1.82) is 0 Å². The van der Waals surface area contributed by atoms with Gasteiger partial charge in [0, 0.05) is 12.3 Å². The highest BCUT2D eigenvalue weighted by Crippen LogP contribution is 2.22. The third-order valence-electron chi connectivity index (χ3n) is 3.20. The Morgan fingerprint density at radius 2 is 1.95 bits per heavy atom. The Kier molecular flexibility index (Phi) is 5.52. The summed E-state index contributed by atoms with van der Waals surface area (Å²) in [5.41, 5.74) is 7.94. The Bertz CT molecular complexity index is 620. The molecule has 21 heavy (non-hydrogen) atoms. The molecule has 0 saturated heterocycles. The van der Waals surface area contributed by atoms with Crippen LogP contribution in [0.15, 0.2) is 0 Å². The molecule has 1 heterocycles. The molecule has 1 rings (SSSR count). The first-order valence-corrected chi connectivity index (χ1v) is 8.89. The van der Waals surface area contributed by atoms with Gasteiger partial charge in [-0.1, -0.05) is 0 Å². The van der Waals surface area contributed by atoms with Gasteiger partial charge in [-0.3, -0.25) is 9.48 Å². The highest BCUT2D eigenvalue weighted by molar-refractivity contribution is 7.90. The molecule has 0 aromatic carbocycles. The SMILES string of the molecule is Cc1nn(C(C)C)c(C)c1NC(=O)C(N)CCS(C)(=O)=O. The van der Waals surface area contributed by atoms with E-state index in [0.29, 0.717) is 11.4 Å². The van der Waals surface area contributed by atoms with E-state index < -0.39 is 21.8 Å². The molecule has 0 fully saturated rings. The minimum absolute atomic E-state index is 0.0983. The summed E-state index contributed by atoms with van der Waals surface area (Å²) in [5, 5.41) is 7.12. The van der Waals surface area contributed by atoms with Crippen molar-refractivity contribution in [3.8, 4) is 0 Å². The minimum Gasteiger partial charge on any atom is -0.322 e. The van der Waals surface area contributed by atoms with Crippen molar-refractivity contribution in [2.45, 2.75) is 46.2 Å². The predicted molar refractivity (Wildman–Crippen MR) is 83.0 cm³/mol. The number of nitrogens with one attached hydrogen (secondary N) is 1. The van der Waals surface area contributed by atoms with Crippen LogP contribution >= 0.6 is 0 Å². The number of nitrogens with zero attached hydrogens (tertiary/aromatic N) is 2. The fourth-order valence-electron chi connectivity index (χ4n) is 2.03. The summed E-state index contributed by atoms with van der Waals surface area (Å²) < 4.78 is 24.0. The quantitative estimate of drug-likeness (QED) is 0.806. The second-order valence-electron chi connectivity index (χ2n) is 5.60. The molecule has 0 aliphatic heterocycles. The Morgan fingerprint density at radius 3 is 2.38 bits per heavy atom. The maximum Gasteiger partial charge on any atom is 0.241 e. The van der Waals surface area contributed by atoms with Gasteiger partial charge in [-0.05, 0) is 34.1 Å². The summed E-state index contributed by atoms with van der Waals surface area (Å²) in [7, 11) is -3.13. The van der Waals surface area contributed by atoms with Crippen molar-refractivity contribution in [1.82, 2.24) is 9.78 Å². The van der Waals surface area contributed by atoms with Crippen LogP contribution in [0.2, 0.25) is 0 Å².